The SMILES string of the molecule is c1cc2c3c(c1)ccc1ccc4c(-c5ccc6ccc7cccc8ccc5c6c78)ccc-2c4c13. The summed E-state index contributed by atoms with van der Waals surface area (Å²) in [5.41, 5.74) is 5.38. The first kappa shape index (κ1) is 17.1. The lowest BCUT2D eigenvalue weighted by Crippen LogP contribution is -1.88. The van der Waals surface area contributed by atoms with E-state index in [0.717, 1.165) is 0 Å². The average molecular weight is 427 g/mol. The fraction of sp³-hybridized carbons (Fsp3) is 0. The second-order valence-electron chi connectivity index (χ2n) is 9.69. The molecular formula is C34H18. The van der Waals surface area contributed by atoms with Gasteiger partial charge in [0.05, 0.1) is 0 Å². The van der Waals surface area contributed by atoms with Crippen molar-refractivity contribution in [3.05, 3.63) is 109 Å². The van der Waals surface area contributed by atoms with Crippen molar-refractivity contribution >= 4 is 64.6 Å². The van der Waals surface area contributed by atoms with Crippen molar-refractivity contribution in [3.63, 3.8) is 0 Å². The molecule has 0 saturated heterocycles. The Bertz CT molecular complexity index is 2150. The minimum Gasteiger partial charge on any atom is -0.0610 e. The zero-order chi connectivity index (χ0) is 22.0. The lowest BCUT2D eigenvalue weighted by Gasteiger charge is -2.16. The van der Waals surface area contributed by atoms with E-state index in [4.69, 9.17) is 0 Å². The van der Waals surface area contributed by atoms with Crippen molar-refractivity contribution in [1.29, 1.82) is 0 Å². The van der Waals surface area contributed by atoms with E-state index in [1.807, 2.05) is 0 Å². The number of hydrogen-bond acceptors (Lipinski definition) is 0. The summed E-state index contributed by atoms with van der Waals surface area (Å²) in [6.45, 7) is 0. The fourth-order valence-electron chi connectivity index (χ4n) is 6.69. The highest BCUT2D eigenvalue weighted by molar-refractivity contribution is 6.35. The van der Waals surface area contributed by atoms with Crippen LogP contribution in [0, 0.1) is 0 Å². The molecule has 0 heterocycles. The molecule has 9 rings (SSSR count). The minimum atomic E-state index is 1.31. The van der Waals surface area contributed by atoms with Gasteiger partial charge >= 0.3 is 0 Å². The molecule has 1 aliphatic carbocycles. The molecular weight excluding hydrogens is 408 g/mol. The van der Waals surface area contributed by atoms with Crippen LogP contribution in [0.1, 0.15) is 0 Å². The molecule has 8 aromatic rings. The van der Waals surface area contributed by atoms with E-state index in [1.165, 1.54) is 86.9 Å². The van der Waals surface area contributed by atoms with Gasteiger partial charge in [0, 0.05) is 0 Å². The highest BCUT2D eigenvalue weighted by Crippen LogP contribution is 2.50. The maximum absolute atomic E-state index is 2.35. The highest BCUT2D eigenvalue weighted by atomic mass is 14.2. The van der Waals surface area contributed by atoms with Gasteiger partial charge in [0.2, 0.25) is 0 Å². The topological polar surface area (TPSA) is 0 Å². The maximum atomic E-state index is 2.35. The predicted octanol–water partition coefficient (Wildman–Crippen LogP) is 9.69. The summed E-state index contributed by atoms with van der Waals surface area (Å²) in [7, 11) is 0. The lowest BCUT2D eigenvalue weighted by molar-refractivity contribution is 1.71. The standard InChI is InChI=1S/C34H18/c1-3-19-7-9-22-11-14-24(27-15-12-20(4-1)30(19)31(22)27)25-17-18-29-26-6-2-5-21-8-10-23-13-16-28(25)34(29)33(23)32(21)26/h1-18H. The van der Waals surface area contributed by atoms with E-state index in [0.29, 0.717) is 0 Å². The summed E-state index contributed by atoms with van der Waals surface area (Å²) in [4.78, 5) is 0. The molecule has 0 atom stereocenters. The van der Waals surface area contributed by atoms with Crippen LogP contribution in [-0.4, -0.2) is 0 Å². The van der Waals surface area contributed by atoms with Crippen LogP contribution in [0.5, 0.6) is 0 Å². The number of fused-ring (bicyclic) bond motifs is 1. The van der Waals surface area contributed by atoms with Gasteiger partial charge in [-0.1, -0.05) is 109 Å². The third kappa shape index (κ3) is 1.89. The molecule has 0 N–H and O–H groups in total. The highest BCUT2D eigenvalue weighted by Gasteiger charge is 2.22. The van der Waals surface area contributed by atoms with Gasteiger partial charge in [-0.25, -0.2) is 0 Å². The van der Waals surface area contributed by atoms with Crippen LogP contribution in [0.2, 0.25) is 0 Å². The molecule has 154 valence electrons. The van der Waals surface area contributed by atoms with Crippen LogP contribution in [0.15, 0.2) is 109 Å². The van der Waals surface area contributed by atoms with Crippen LogP contribution in [0.3, 0.4) is 0 Å². The van der Waals surface area contributed by atoms with E-state index in [-0.39, 0.29) is 0 Å². The van der Waals surface area contributed by atoms with Gasteiger partial charge in [-0.2, -0.15) is 0 Å². The van der Waals surface area contributed by atoms with Crippen LogP contribution in [-0.2, 0) is 0 Å². The van der Waals surface area contributed by atoms with E-state index < -0.39 is 0 Å². The summed E-state index contributed by atoms with van der Waals surface area (Å²) in [6, 6.07) is 41.0. The summed E-state index contributed by atoms with van der Waals surface area (Å²) >= 11 is 0. The summed E-state index contributed by atoms with van der Waals surface area (Å²) in [6.07, 6.45) is 0. The Morgan fingerprint density at radius 3 is 1.41 bits per heavy atom. The monoisotopic (exact) mass is 426 g/mol. The Hall–Kier alpha value is -4.42. The Labute approximate surface area is 196 Å². The van der Waals surface area contributed by atoms with E-state index in [2.05, 4.69) is 109 Å². The Kier molecular flexibility index (Phi) is 2.88. The fourth-order valence-corrected chi connectivity index (χ4v) is 6.69. The summed E-state index contributed by atoms with van der Waals surface area (Å²) in [5.74, 6) is 0. The van der Waals surface area contributed by atoms with E-state index in [9.17, 15) is 0 Å². The molecule has 0 unspecified atom stereocenters. The molecule has 0 saturated carbocycles. The zero-order valence-corrected chi connectivity index (χ0v) is 18.4. The largest absolute Gasteiger partial charge is 0.0610 e. The molecule has 0 fully saturated rings. The van der Waals surface area contributed by atoms with Gasteiger partial charge in [-0.3, -0.25) is 0 Å². The number of hydrogen-bond donors (Lipinski definition) is 0. The van der Waals surface area contributed by atoms with Crippen LogP contribution >= 0.6 is 0 Å². The third-order valence-electron chi connectivity index (χ3n) is 8.11. The van der Waals surface area contributed by atoms with Gasteiger partial charge in [0.25, 0.3) is 0 Å². The molecule has 8 aromatic carbocycles. The number of benzene rings is 8. The molecule has 0 amide bonds. The molecule has 0 nitrogen and oxygen atoms in total. The number of rotatable bonds is 1. The Balaban J connectivity index is 1.47. The van der Waals surface area contributed by atoms with Gasteiger partial charge < -0.3 is 0 Å². The van der Waals surface area contributed by atoms with Crippen LogP contribution in [0.4, 0.5) is 0 Å². The van der Waals surface area contributed by atoms with E-state index >= 15 is 0 Å². The van der Waals surface area contributed by atoms with Crippen molar-refractivity contribution < 1.29 is 0 Å². The summed E-state index contributed by atoms with van der Waals surface area (Å²) < 4.78 is 0. The molecule has 34 heavy (non-hydrogen) atoms. The predicted molar refractivity (Wildman–Crippen MR) is 147 cm³/mol. The summed E-state index contributed by atoms with van der Waals surface area (Å²) in [5, 5.41) is 16.3. The first-order chi connectivity index (χ1) is 16.9. The third-order valence-corrected chi connectivity index (χ3v) is 8.11. The van der Waals surface area contributed by atoms with Crippen LogP contribution < -0.4 is 0 Å². The van der Waals surface area contributed by atoms with E-state index in [1.54, 1.807) is 0 Å². The molecule has 0 aliphatic heterocycles. The van der Waals surface area contributed by atoms with Crippen molar-refractivity contribution in [2.24, 2.45) is 0 Å². The smallest absolute Gasteiger partial charge is 0.00139 e. The van der Waals surface area contributed by atoms with Gasteiger partial charge in [-0.15, -0.1) is 0 Å². The normalized spacial score (nSPS) is 12.7. The van der Waals surface area contributed by atoms with Crippen molar-refractivity contribution in [3.8, 4) is 22.3 Å². The van der Waals surface area contributed by atoms with Crippen molar-refractivity contribution in [2.45, 2.75) is 0 Å². The van der Waals surface area contributed by atoms with Crippen LogP contribution in [0.25, 0.3) is 86.9 Å². The quantitative estimate of drug-likeness (QED) is 0.229. The molecule has 1 aliphatic rings. The Morgan fingerprint density at radius 1 is 0.235 bits per heavy atom. The molecule has 0 radical (unpaired) electrons. The van der Waals surface area contributed by atoms with Gasteiger partial charge in [0.15, 0.2) is 0 Å². The van der Waals surface area contributed by atoms with Gasteiger partial charge in [0.1, 0.15) is 0 Å². The molecule has 0 heteroatoms. The van der Waals surface area contributed by atoms with Crippen molar-refractivity contribution in [1.82, 2.24) is 0 Å². The lowest BCUT2D eigenvalue weighted by atomic mass is 9.87. The minimum absolute atomic E-state index is 1.31. The molecule has 0 bridgehead atoms. The molecule has 0 spiro atoms. The molecule has 0 aromatic heterocycles. The second-order valence-corrected chi connectivity index (χ2v) is 9.69. The van der Waals surface area contributed by atoms with Gasteiger partial charge in [-0.05, 0) is 86.9 Å². The first-order valence-corrected chi connectivity index (χ1v) is 12.0. The zero-order valence-electron chi connectivity index (χ0n) is 18.4. The maximum Gasteiger partial charge on any atom is -0.00139 e. The average Bonchev–Trinajstić information content (AvgIpc) is 3.24. The first-order valence-electron chi connectivity index (χ1n) is 12.0. The second kappa shape index (κ2) is 5.73. The Morgan fingerprint density at radius 2 is 0.676 bits per heavy atom. The van der Waals surface area contributed by atoms with Crippen molar-refractivity contribution in [2.75, 3.05) is 0 Å².